The molecule has 0 radical (unpaired) electrons. The molecule has 1 aromatic heterocycles. The van der Waals surface area contributed by atoms with Gasteiger partial charge in [-0.1, -0.05) is 29.8 Å². The minimum absolute atomic E-state index is 0.0235. The van der Waals surface area contributed by atoms with Crippen molar-refractivity contribution < 1.29 is 23.5 Å². The van der Waals surface area contributed by atoms with Crippen molar-refractivity contribution >= 4 is 34.2 Å². The van der Waals surface area contributed by atoms with E-state index in [4.69, 9.17) is 13.9 Å². The third kappa shape index (κ3) is 7.26. The average molecular weight is 569 g/mol. The molecule has 0 aliphatic rings. The number of amides is 1. The van der Waals surface area contributed by atoms with Gasteiger partial charge in [-0.2, -0.15) is 0 Å². The van der Waals surface area contributed by atoms with E-state index in [-0.39, 0.29) is 5.69 Å². The van der Waals surface area contributed by atoms with Gasteiger partial charge >= 0.3 is 11.6 Å². The molecule has 8 heteroatoms. The second-order valence-corrected chi connectivity index (χ2v) is 10.5. The molecule has 0 fully saturated rings. The summed E-state index contributed by atoms with van der Waals surface area (Å²) in [4.78, 5) is 39.6. The van der Waals surface area contributed by atoms with Crippen molar-refractivity contribution in [3.05, 3.63) is 105 Å². The van der Waals surface area contributed by atoms with Crippen LogP contribution in [0.15, 0.2) is 81.5 Å². The second kappa shape index (κ2) is 13.2. The number of hydrogen-bond acceptors (Lipinski definition) is 7. The number of allylic oxidation sites excluding steroid dienone is 2. The van der Waals surface area contributed by atoms with Crippen molar-refractivity contribution in [1.82, 2.24) is 0 Å². The first-order valence-electron chi connectivity index (χ1n) is 13.8. The number of rotatable bonds is 10. The van der Waals surface area contributed by atoms with Gasteiger partial charge in [0.05, 0.1) is 6.54 Å². The average Bonchev–Trinajstić information content (AvgIpc) is 2.94. The number of hydrogen-bond donors (Lipinski definition) is 1. The number of aryl methyl sites for hydroxylation is 2. The summed E-state index contributed by atoms with van der Waals surface area (Å²) in [7, 11) is 2.02. The molecule has 0 spiro atoms. The van der Waals surface area contributed by atoms with E-state index in [9.17, 15) is 14.4 Å². The second-order valence-electron chi connectivity index (χ2n) is 10.5. The Hall–Kier alpha value is -4.85. The zero-order valence-electron chi connectivity index (χ0n) is 24.9. The van der Waals surface area contributed by atoms with Gasteiger partial charge in [0.15, 0.2) is 0 Å². The Morgan fingerprint density at radius 2 is 1.71 bits per heavy atom. The van der Waals surface area contributed by atoms with E-state index in [1.165, 1.54) is 12.5 Å². The molecule has 1 N–H and O–H groups in total. The molecule has 0 bridgehead atoms. The molecule has 4 rings (SSSR count). The van der Waals surface area contributed by atoms with E-state index >= 15 is 0 Å². The van der Waals surface area contributed by atoms with Gasteiger partial charge < -0.3 is 24.1 Å². The summed E-state index contributed by atoms with van der Waals surface area (Å²) in [6, 6.07) is 18.2. The number of anilines is 2. The Bertz CT molecular complexity index is 1720. The highest BCUT2D eigenvalue weighted by Crippen LogP contribution is 2.28. The molecule has 1 heterocycles. The van der Waals surface area contributed by atoms with Crippen molar-refractivity contribution in [2.24, 2.45) is 0 Å². The van der Waals surface area contributed by atoms with Crippen LogP contribution in [-0.4, -0.2) is 32.1 Å². The lowest BCUT2D eigenvalue weighted by atomic mass is 10.0. The summed E-state index contributed by atoms with van der Waals surface area (Å²) >= 11 is 0. The van der Waals surface area contributed by atoms with Crippen molar-refractivity contribution in [3.8, 4) is 11.5 Å². The summed E-state index contributed by atoms with van der Waals surface area (Å²) in [6.07, 6.45) is 2.46. The molecule has 0 aliphatic heterocycles. The third-order valence-electron chi connectivity index (χ3n) is 6.87. The Labute approximate surface area is 245 Å². The predicted molar refractivity (Wildman–Crippen MR) is 166 cm³/mol. The van der Waals surface area contributed by atoms with Crippen molar-refractivity contribution in [2.45, 2.75) is 41.0 Å². The Morgan fingerprint density at radius 3 is 2.43 bits per heavy atom. The van der Waals surface area contributed by atoms with Crippen LogP contribution in [0.5, 0.6) is 11.5 Å². The molecule has 0 saturated heterocycles. The van der Waals surface area contributed by atoms with Crippen LogP contribution in [-0.2, 0) is 11.2 Å². The summed E-state index contributed by atoms with van der Waals surface area (Å²) in [5.41, 5.74) is 4.87. The summed E-state index contributed by atoms with van der Waals surface area (Å²) < 4.78 is 17.0. The number of para-hydroxylation sites is 1. The Balaban J connectivity index is 1.50. The highest BCUT2D eigenvalue weighted by atomic mass is 16.5. The zero-order chi connectivity index (χ0) is 30.4. The number of benzene rings is 3. The topological polar surface area (TPSA) is 98.1 Å². The zero-order valence-corrected chi connectivity index (χ0v) is 24.9. The van der Waals surface area contributed by atoms with Crippen LogP contribution >= 0.6 is 0 Å². The molecule has 0 unspecified atom stereocenters. The molecular weight excluding hydrogens is 532 g/mol. The fourth-order valence-corrected chi connectivity index (χ4v) is 4.60. The lowest BCUT2D eigenvalue weighted by Crippen LogP contribution is -2.24. The maximum Gasteiger partial charge on any atom is 0.360 e. The van der Waals surface area contributed by atoms with Gasteiger partial charge in [-0.05, 0) is 87.7 Å². The minimum Gasteiger partial charge on any atom is -0.491 e. The molecule has 42 heavy (non-hydrogen) atoms. The first-order valence-corrected chi connectivity index (χ1v) is 13.8. The lowest BCUT2D eigenvalue weighted by molar-refractivity contribution is -0.131. The predicted octanol–water partition coefficient (Wildman–Crippen LogP) is 6.61. The maximum atomic E-state index is 13.1. The third-order valence-corrected chi connectivity index (χ3v) is 6.87. The highest BCUT2D eigenvalue weighted by Gasteiger charge is 2.16. The molecule has 8 nitrogen and oxygen atoms in total. The highest BCUT2D eigenvalue weighted by molar-refractivity contribution is 6.05. The maximum absolute atomic E-state index is 13.1. The number of carbonyl (C=O) groups is 2. The van der Waals surface area contributed by atoms with E-state index in [1.54, 1.807) is 30.3 Å². The Kier molecular flexibility index (Phi) is 9.47. The number of nitrogens with one attached hydrogen (secondary N) is 1. The van der Waals surface area contributed by atoms with E-state index in [0.29, 0.717) is 58.7 Å². The van der Waals surface area contributed by atoms with Crippen molar-refractivity contribution in [3.63, 3.8) is 0 Å². The van der Waals surface area contributed by atoms with Crippen LogP contribution < -0.4 is 25.3 Å². The molecule has 3 aromatic carbocycles. The molecule has 4 aromatic rings. The van der Waals surface area contributed by atoms with Crippen LogP contribution in [0.4, 0.5) is 11.4 Å². The monoisotopic (exact) mass is 568 g/mol. The minimum atomic E-state index is -0.670. The van der Waals surface area contributed by atoms with Crippen LogP contribution in [0.3, 0.4) is 0 Å². The van der Waals surface area contributed by atoms with Gasteiger partial charge in [0.25, 0.3) is 5.91 Å². The summed E-state index contributed by atoms with van der Waals surface area (Å²) in [5, 5.41) is 3.32. The van der Waals surface area contributed by atoms with E-state index in [1.807, 2.05) is 52.1 Å². The number of likely N-dealkylation sites (N-methyl/N-ethyl adjacent to an activating group) is 1. The van der Waals surface area contributed by atoms with Gasteiger partial charge in [0.2, 0.25) is 0 Å². The quantitative estimate of drug-likeness (QED) is 0.0995. The SMILES string of the molecule is CC(=O)Oc1ccc(C(=O)Nc2cc3ccc(OCCN(C)c4ccccc4C)c(C)c3oc2=O)cc1CC=C(C)C. The van der Waals surface area contributed by atoms with Gasteiger partial charge in [0, 0.05) is 36.2 Å². The van der Waals surface area contributed by atoms with Crippen LogP contribution in [0.1, 0.15) is 47.8 Å². The van der Waals surface area contributed by atoms with E-state index in [0.717, 1.165) is 11.3 Å². The van der Waals surface area contributed by atoms with Crippen LogP contribution in [0.25, 0.3) is 11.0 Å². The normalized spacial score (nSPS) is 10.7. The molecule has 0 atom stereocenters. The largest absolute Gasteiger partial charge is 0.491 e. The number of ether oxygens (including phenoxy) is 2. The van der Waals surface area contributed by atoms with Gasteiger partial charge in [-0.3, -0.25) is 9.59 Å². The first kappa shape index (κ1) is 30.1. The molecule has 0 saturated carbocycles. The number of carbonyl (C=O) groups excluding carboxylic acids is 2. The molecule has 0 aliphatic carbocycles. The van der Waals surface area contributed by atoms with Crippen molar-refractivity contribution in [2.75, 3.05) is 30.4 Å². The van der Waals surface area contributed by atoms with Gasteiger partial charge in [0.1, 0.15) is 29.4 Å². The fraction of sp³-hybridized carbons (Fsp3) is 0.265. The molecule has 1 amide bonds. The lowest BCUT2D eigenvalue weighted by Gasteiger charge is -2.21. The fourth-order valence-electron chi connectivity index (χ4n) is 4.60. The van der Waals surface area contributed by atoms with E-state index < -0.39 is 17.5 Å². The number of fused-ring (bicyclic) bond motifs is 1. The number of nitrogens with zero attached hydrogens (tertiary/aromatic N) is 1. The van der Waals surface area contributed by atoms with Crippen LogP contribution in [0.2, 0.25) is 0 Å². The summed E-state index contributed by atoms with van der Waals surface area (Å²) in [6.45, 7) is 10.3. The van der Waals surface area contributed by atoms with Crippen molar-refractivity contribution in [1.29, 1.82) is 0 Å². The summed E-state index contributed by atoms with van der Waals surface area (Å²) in [5.74, 6) is 0.0799. The standard InChI is InChI=1S/C34H36N2O6/c1-21(2)11-12-25-19-27(14-16-31(25)41-24(5)37)33(38)35-28-20-26-13-15-30(23(4)32(26)42-34(28)39)40-18-17-36(6)29-10-8-7-9-22(29)3/h7-11,13-16,19-20H,12,17-18H2,1-6H3,(H,35,38). The molecule has 218 valence electrons. The van der Waals surface area contributed by atoms with E-state index in [2.05, 4.69) is 29.3 Å². The molecular formula is C34H36N2O6. The smallest absolute Gasteiger partial charge is 0.360 e. The first-order chi connectivity index (χ1) is 20.0. The van der Waals surface area contributed by atoms with Gasteiger partial charge in [-0.25, -0.2) is 4.79 Å². The van der Waals surface area contributed by atoms with Crippen LogP contribution in [0, 0.1) is 13.8 Å². The number of esters is 1. The Morgan fingerprint density at radius 1 is 0.976 bits per heavy atom. The van der Waals surface area contributed by atoms with Gasteiger partial charge in [-0.15, -0.1) is 0 Å².